The standard InChI is InChI=1S/C22H22N4O4/c1-27-16-7-5-14(6-8-16)17-13-24-22-21(23-9-10-26(17)22)25-15-11-18(28-2)20(30-4)19(12-15)29-3/h5-13H,1-4H3,(H,23,25). The molecule has 1 N–H and O–H groups in total. The number of fused-ring (bicyclic) bond motifs is 1. The number of anilines is 2. The molecule has 0 bridgehead atoms. The van der Waals surface area contributed by atoms with Crippen molar-refractivity contribution in [2.24, 2.45) is 0 Å². The van der Waals surface area contributed by atoms with Crippen LogP contribution in [0.2, 0.25) is 0 Å². The molecule has 2 aromatic carbocycles. The van der Waals surface area contributed by atoms with Gasteiger partial charge in [-0.2, -0.15) is 0 Å². The maximum Gasteiger partial charge on any atom is 0.203 e. The number of hydrogen-bond donors (Lipinski definition) is 1. The Morgan fingerprint density at radius 3 is 2.13 bits per heavy atom. The van der Waals surface area contributed by atoms with Crippen LogP contribution in [0, 0.1) is 0 Å². The third kappa shape index (κ3) is 3.43. The van der Waals surface area contributed by atoms with Crippen LogP contribution in [0.5, 0.6) is 23.0 Å². The normalized spacial score (nSPS) is 10.7. The maximum absolute atomic E-state index is 5.43. The minimum absolute atomic E-state index is 0.527. The minimum Gasteiger partial charge on any atom is -0.497 e. The number of methoxy groups -OCH3 is 4. The highest BCUT2D eigenvalue weighted by molar-refractivity contribution is 5.76. The van der Waals surface area contributed by atoms with Gasteiger partial charge in [0.05, 0.1) is 40.3 Å². The second-order valence-corrected chi connectivity index (χ2v) is 6.38. The van der Waals surface area contributed by atoms with Gasteiger partial charge in [0.15, 0.2) is 23.0 Å². The molecule has 2 heterocycles. The van der Waals surface area contributed by atoms with Crippen molar-refractivity contribution in [3.63, 3.8) is 0 Å². The zero-order valence-corrected chi connectivity index (χ0v) is 17.2. The molecule has 0 saturated heterocycles. The van der Waals surface area contributed by atoms with Gasteiger partial charge >= 0.3 is 0 Å². The monoisotopic (exact) mass is 406 g/mol. The predicted octanol–water partition coefficient (Wildman–Crippen LogP) is 4.17. The Kier molecular flexibility index (Phi) is 5.30. The highest BCUT2D eigenvalue weighted by Crippen LogP contribution is 2.40. The van der Waals surface area contributed by atoms with E-state index < -0.39 is 0 Å². The van der Waals surface area contributed by atoms with Crippen LogP contribution in [0.3, 0.4) is 0 Å². The second-order valence-electron chi connectivity index (χ2n) is 6.38. The lowest BCUT2D eigenvalue weighted by molar-refractivity contribution is 0.324. The zero-order valence-electron chi connectivity index (χ0n) is 17.2. The highest BCUT2D eigenvalue weighted by Gasteiger charge is 2.15. The molecular formula is C22H22N4O4. The third-order valence-corrected chi connectivity index (χ3v) is 4.74. The Morgan fingerprint density at radius 1 is 0.833 bits per heavy atom. The van der Waals surface area contributed by atoms with E-state index in [1.54, 1.807) is 34.6 Å². The van der Waals surface area contributed by atoms with E-state index in [0.717, 1.165) is 22.7 Å². The molecule has 0 amide bonds. The van der Waals surface area contributed by atoms with Crippen molar-refractivity contribution in [2.75, 3.05) is 33.8 Å². The minimum atomic E-state index is 0.527. The summed E-state index contributed by atoms with van der Waals surface area (Å²) in [4.78, 5) is 9.03. The molecule has 0 aliphatic carbocycles. The lowest BCUT2D eigenvalue weighted by Gasteiger charge is -2.15. The number of nitrogens with zero attached hydrogens (tertiary/aromatic N) is 3. The average Bonchev–Trinajstić information content (AvgIpc) is 3.23. The number of hydrogen-bond acceptors (Lipinski definition) is 7. The summed E-state index contributed by atoms with van der Waals surface area (Å²) in [6, 6.07) is 11.5. The summed E-state index contributed by atoms with van der Waals surface area (Å²) in [6.07, 6.45) is 5.42. The number of rotatable bonds is 7. The van der Waals surface area contributed by atoms with Crippen LogP contribution < -0.4 is 24.3 Å². The average molecular weight is 406 g/mol. The number of aromatic nitrogens is 3. The first-order chi connectivity index (χ1) is 14.7. The van der Waals surface area contributed by atoms with Crippen LogP contribution in [0.25, 0.3) is 16.9 Å². The summed E-state index contributed by atoms with van der Waals surface area (Å²) in [5.41, 5.74) is 3.40. The summed E-state index contributed by atoms with van der Waals surface area (Å²) in [7, 11) is 6.38. The van der Waals surface area contributed by atoms with Crippen molar-refractivity contribution in [1.29, 1.82) is 0 Å². The molecule has 30 heavy (non-hydrogen) atoms. The van der Waals surface area contributed by atoms with Crippen LogP contribution in [0.15, 0.2) is 55.0 Å². The zero-order chi connectivity index (χ0) is 21.1. The van der Waals surface area contributed by atoms with Crippen LogP contribution in [-0.2, 0) is 0 Å². The molecule has 0 aliphatic rings. The number of imidazole rings is 1. The number of nitrogens with one attached hydrogen (secondary N) is 1. The highest BCUT2D eigenvalue weighted by atomic mass is 16.5. The molecule has 0 spiro atoms. The van der Waals surface area contributed by atoms with Crippen molar-refractivity contribution >= 4 is 17.2 Å². The van der Waals surface area contributed by atoms with E-state index in [1.807, 2.05) is 53.2 Å². The van der Waals surface area contributed by atoms with Crippen LogP contribution in [0.4, 0.5) is 11.5 Å². The molecule has 4 rings (SSSR count). The molecular weight excluding hydrogens is 384 g/mol. The molecule has 0 saturated carbocycles. The molecule has 8 nitrogen and oxygen atoms in total. The largest absolute Gasteiger partial charge is 0.497 e. The number of ether oxygens (including phenoxy) is 4. The summed E-state index contributed by atoms with van der Waals surface area (Å²) < 4.78 is 23.5. The van der Waals surface area contributed by atoms with Gasteiger partial charge in [-0.15, -0.1) is 0 Å². The smallest absolute Gasteiger partial charge is 0.203 e. The fourth-order valence-corrected chi connectivity index (χ4v) is 3.27. The van der Waals surface area contributed by atoms with Gasteiger partial charge < -0.3 is 24.3 Å². The second kappa shape index (κ2) is 8.20. The van der Waals surface area contributed by atoms with Gasteiger partial charge in [-0.05, 0) is 24.3 Å². The summed E-state index contributed by atoms with van der Waals surface area (Å²) in [5, 5.41) is 3.30. The molecule has 0 radical (unpaired) electrons. The Hall–Kier alpha value is -3.94. The number of benzene rings is 2. The van der Waals surface area contributed by atoms with Gasteiger partial charge in [-0.1, -0.05) is 0 Å². The Bertz CT molecular complexity index is 1150. The summed E-state index contributed by atoms with van der Waals surface area (Å²) >= 11 is 0. The molecule has 154 valence electrons. The molecule has 0 atom stereocenters. The van der Waals surface area contributed by atoms with E-state index >= 15 is 0 Å². The Labute approximate surface area is 174 Å². The van der Waals surface area contributed by atoms with Crippen molar-refractivity contribution in [3.05, 3.63) is 55.0 Å². The van der Waals surface area contributed by atoms with Crippen LogP contribution >= 0.6 is 0 Å². The van der Waals surface area contributed by atoms with Crippen LogP contribution in [-0.4, -0.2) is 42.8 Å². The third-order valence-electron chi connectivity index (χ3n) is 4.74. The fraction of sp³-hybridized carbons (Fsp3) is 0.182. The molecule has 4 aromatic rings. The summed E-state index contributed by atoms with van der Waals surface area (Å²) in [6.45, 7) is 0. The van der Waals surface area contributed by atoms with Gasteiger partial charge in [0.1, 0.15) is 5.75 Å². The van der Waals surface area contributed by atoms with Crippen molar-refractivity contribution in [2.45, 2.75) is 0 Å². The first kappa shape index (κ1) is 19.4. The van der Waals surface area contributed by atoms with Crippen LogP contribution in [0.1, 0.15) is 0 Å². The Morgan fingerprint density at radius 2 is 1.53 bits per heavy atom. The van der Waals surface area contributed by atoms with Gasteiger partial charge in [0, 0.05) is 35.8 Å². The van der Waals surface area contributed by atoms with Crippen molar-refractivity contribution in [3.8, 4) is 34.3 Å². The molecule has 0 unspecified atom stereocenters. The summed E-state index contributed by atoms with van der Waals surface area (Å²) in [5.74, 6) is 3.03. The lowest BCUT2D eigenvalue weighted by Crippen LogP contribution is -2.01. The molecule has 2 aromatic heterocycles. The van der Waals surface area contributed by atoms with E-state index in [0.29, 0.717) is 28.7 Å². The molecule has 0 fully saturated rings. The Balaban J connectivity index is 1.73. The van der Waals surface area contributed by atoms with E-state index in [9.17, 15) is 0 Å². The molecule has 8 heteroatoms. The van der Waals surface area contributed by atoms with Crippen molar-refractivity contribution < 1.29 is 18.9 Å². The molecule has 0 aliphatic heterocycles. The van der Waals surface area contributed by atoms with Gasteiger partial charge in [-0.25, -0.2) is 9.97 Å². The van der Waals surface area contributed by atoms with Crippen molar-refractivity contribution in [1.82, 2.24) is 14.4 Å². The first-order valence-corrected chi connectivity index (χ1v) is 9.22. The van der Waals surface area contributed by atoms with Gasteiger partial charge in [0.2, 0.25) is 5.75 Å². The van der Waals surface area contributed by atoms with Gasteiger partial charge in [0.25, 0.3) is 0 Å². The lowest BCUT2D eigenvalue weighted by atomic mass is 10.1. The fourth-order valence-electron chi connectivity index (χ4n) is 3.27. The maximum atomic E-state index is 5.43. The first-order valence-electron chi connectivity index (χ1n) is 9.22. The quantitative estimate of drug-likeness (QED) is 0.493. The van der Waals surface area contributed by atoms with E-state index in [-0.39, 0.29) is 0 Å². The topological polar surface area (TPSA) is 79.1 Å². The predicted molar refractivity (Wildman–Crippen MR) is 114 cm³/mol. The SMILES string of the molecule is COc1ccc(-c2cnc3c(Nc4cc(OC)c(OC)c(OC)c4)nccn23)cc1. The van der Waals surface area contributed by atoms with E-state index in [4.69, 9.17) is 18.9 Å². The van der Waals surface area contributed by atoms with Gasteiger partial charge in [-0.3, -0.25) is 4.40 Å². The van der Waals surface area contributed by atoms with E-state index in [1.165, 1.54) is 0 Å². The van der Waals surface area contributed by atoms with E-state index in [2.05, 4.69) is 15.3 Å².